The van der Waals surface area contributed by atoms with E-state index in [1.807, 2.05) is 0 Å². The van der Waals surface area contributed by atoms with E-state index in [1.165, 1.54) is 42.3 Å². The molecule has 4 aromatic rings. The van der Waals surface area contributed by atoms with E-state index in [1.54, 1.807) is 24.4 Å². The molecule has 0 spiro atoms. The molecule has 0 aliphatic rings. The van der Waals surface area contributed by atoms with Gasteiger partial charge in [0, 0.05) is 24.2 Å². The van der Waals surface area contributed by atoms with Gasteiger partial charge in [0.1, 0.15) is 16.3 Å². The van der Waals surface area contributed by atoms with Crippen molar-refractivity contribution in [2.24, 2.45) is 0 Å². The summed E-state index contributed by atoms with van der Waals surface area (Å²) in [6.45, 7) is 0. The number of sulfonamides is 1. The lowest BCUT2D eigenvalue weighted by atomic mass is 10.2. The molecule has 0 amide bonds. The van der Waals surface area contributed by atoms with Gasteiger partial charge in [-0.15, -0.1) is 6.42 Å². The Morgan fingerprint density at radius 2 is 2.03 bits per heavy atom. The van der Waals surface area contributed by atoms with Crippen molar-refractivity contribution in [2.75, 3.05) is 11.8 Å². The van der Waals surface area contributed by atoms with Crippen molar-refractivity contribution in [3.8, 4) is 29.5 Å². The molecule has 144 valence electrons. The average molecular weight is 406 g/mol. The highest BCUT2D eigenvalue weighted by molar-refractivity contribution is 7.92. The van der Waals surface area contributed by atoms with Crippen LogP contribution in [0.25, 0.3) is 16.9 Å². The molecule has 1 N–H and O–H groups in total. The summed E-state index contributed by atoms with van der Waals surface area (Å²) in [5.41, 5.74) is 2.36. The summed E-state index contributed by atoms with van der Waals surface area (Å²) >= 11 is 0. The van der Waals surface area contributed by atoms with Crippen molar-refractivity contribution in [3.05, 3.63) is 60.8 Å². The van der Waals surface area contributed by atoms with Crippen molar-refractivity contribution >= 4 is 21.4 Å². The second-order valence-electron chi connectivity index (χ2n) is 5.85. The smallest absolute Gasteiger partial charge is 0.263 e. The second kappa shape index (κ2) is 7.21. The summed E-state index contributed by atoms with van der Waals surface area (Å²) in [7, 11) is -2.47. The van der Waals surface area contributed by atoms with Crippen LogP contribution in [-0.4, -0.2) is 40.1 Å². The van der Waals surface area contributed by atoms with Crippen LogP contribution in [0, 0.1) is 12.3 Å². The zero-order valence-corrected chi connectivity index (χ0v) is 16.0. The lowest BCUT2D eigenvalue weighted by Crippen LogP contribution is -2.14. The van der Waals surface area contributed by atoms with Crippen LogP contribution >= 0.6 is 0 Å². The quantitative estimate of drug-likeness (QED) is 0.504. The number of hydrogen-bond donors (Lipinski definition) is 1. The molecule has 0 radical (unpaired) electrons. The van der Waals surface area contributed by atoms with Gasteiger partial charge in [0.25, 0.3) is 10.0 Å². The van der Waals surface area contributed by atoms with Crippen molar-refractivity contribution in [1.82, 2.24) is 24.6 Å². The first-order valence-electron chi connectivity index (χ1n) is 8.30. The molecule has 0 aliphatic carbocycles. The normalized spacial score (nSPS) is 11.2. The summed E-state index contributed by atoms with van der Waals surface area (Å²) in [6.07, 6.45) is 11.3. The van der Waals surface area contributed by atoms with Gasteiger partial charge in [-0.3, -0.25) is 9.71 Å². The number of pyridine rings is 2. The van der Waals surface area contributed by atoms with E-state index in [4.69, 9.17) is 11.2 Å². The minimum atomic E-state index is -3.88. The molecule has 0 saturated carbocycles. The first kappa shape index (κ1) is 18.4. The van der Waals surface area contributed by atoms with Crippen LogP contribution < -0.4 is 9.46 Å². The Morgan fingerprint density at radius 3 is 2.76 bits per heavy atom. The van der Waals surface area contributed by atoms with Gasteiger partial charge in [-0.05, 0) is 36.3 Å². The Bertz CT molecular complexity index is 1340. The number of aromatic nitrogens is 5. The van der Waals surface area contributed by atoms with Gasteiger partial charge in [-0.1, -0.05) is 0 Å². The van der Waals surface area contributed by atoms with E-state index < -0.39 is 10.0 Å². The molecule has 10 heteroatoms. The number of ether oxygens (including phenoxy) is 1. The zero-order chi connectivity index (χ0) is 20.4. The van der Waals surface area contributed by atoms with Crippen LogP contribution in [0.2, 0.25) is 0 Å². The number of nitrogens with one attached hydrogen (secondary N) is 1. The molecule has 9 nitrogen and oxygen atoms in total. The summed E-state index contributed by atoms with van der Waals surface area (Å²) in [5.74, 6) is 2.63. The van der Waals surface area contributed by atoms with Crippen LogP contribution in [0.1, 0.15) is 5.69 Å². The number of hydrogen-bond acceptors (Lipinski definition) is 7. The van der Waals surface area contributed by atoms with E-state index in [2.05, 4.69) is 30.7 Å². The van der Waals surface area contributed by atoms with Crippen molar-refractivity contribution in [1.29, 1.82) is 0 Å². The first-order valence-corrected chi connectivity index (χ1v) is 9.79. The zero-order valence-electron chi connectivity index (χ0n) is 15.1. The fraction of sp³-hybridized carbons (Fsp3) is 0.0526. The highest BCUT2D eigenvalue weighted by Gasteiger charge is 2.18. The van der Waals surface area contributed by atoms with E-state index in [9.17, 15) is 8.42 Å². The summed E-state index contributed by atoms with van der Waals surface area (Å²) < 4.78 is 34.5. The standard InChI is InChI=1S/C19H14N6O3S/c1-3-14-11-21-18-7-6-16(23-25(14)18)13-9-17(19(28-2)22-10-13)24-29(26,27)15-5-4-8-20-12-15/h1,4-12,24H,2H3. The molecule has 0 fully saturated rings. The SMILES string of the molecule is C#Cc1cnc2ccc(-c3cnc(OC)c(NS(=O)(=O)c4cccnc4)c3)nn12. The Hall–Kier alpha value is -3.97. The van der Waals surface area contributed by atoms with Crippen molar-refractivity contribution < 1.29 is 13.2 Å². The number of imidazole rings is 1. The monoisotopic (exact) mass is 406 g/mol. The number of rotatable bonds is 5. The molecule has 4 aromatic heterocycles. The number of terminal acetylenes is 1. The summed E-state index contributed by atoms with van der Waals surface area (Å²) in [4.78, 5) is 12.2. The predicted octanol–water partition coefficient (Wildman–Crippen LogP) is 1.98. The molecule has 4 rings (SSSR count). The van der Waals surface area contributed by atoms with Crippen molar-refractivity contribution in [2.45, 2.75) is 4.90 Å². The van der Waals surface area contributed by atoms with Crippen LogP contribution in [0.15, 0.2) is 60.0 Å². The second-order valence-corrected chi connectivity index (χ2v) is 7.53. The fourth-order valence-corrected chi connectivity index (χ4v) is 3.67. The lowest BCUT2D eigenvalue weighted by Gasteiger charge is -2.12. The average Bonchev–Trinajstić information content (AvgIpc) is 3.16. The number of nitrogens with zero attached hydrogens (tertiary/aromatic N) is 5. The molecule has 29 heavy (non-hydrogen) atoms. The molecule has 0 saturated heterocycles. The summed E-state index contributed by atoms with van der Waals surface area (Å²) in [6, 6.07) is 8.06. The largest absolute Gasteiger partial charge is 0.480 e. The molecular formula is C19H14N6O3S. The molecular weight excluding hydrogens is 392 g/mol. The lowest BCUT2D eigenvalue weighted by molar-refractivity contribution is 0.400. The number of anilines is 1. The molecule has 0 bridgehead atoms. The predicted molar refractivity (Wildman–Crippen MR) is 106 cm³/mol. The summed E-state index contributed by atoms with van der Waals surface area (Å²) in [5, 5.41) is 4.47. The highest BCUT2D eigenvalue weighted by Crippen LogP contribution is 2.29. The van der Waals surface area contributed by atoms with Crippen molar-refractivity contribution in [3.63, 3.8) is 0 Å². The topological polar surface area (TPSA) is 111 Å². The Kier molecular flexibility index (Phi) is 4.58. The minimum absolute atomic E-state index is 0.0177. The third kappa shape index (κ3) is 3.46. The molecule has 0 aliphatic heterocycles. The number of fused-ring (bicyclic) bond motifs is 1. The van der Waals surface area contributed by atoms with E-state index >= 15 is 0 Å². The van der Waals surface area contributed by atoms with Gasteiger partial charge in [-0.25, -0.2) is 22.9 Å². The van der Waals surface area contributed by atoms with E-state index in [0.717, 1.165) is 0 Å². The van der Waals surface area contributed by atoms with Gasteiger partial charge in [0.05, 0.1) is 19.0 Å². The number of methoxy groups -OCH3 is 1. The molecule has 0 atom stereocenters. The van der Waals surface area contributed by atoms with Gasteiger partial charge < -0.3 is 4.74 Å². The van der Waals surface area contributed by atoms with Gasteiger partial charge in [0.15, 0.2) is 5.65 Å². The fourth-order valence-electron chi connectivity index (χ4n) is 2.66. The molecule has 0 aromatic carbocycles. The van der Waals surface area contributed by atoms with E-state index in [-0.39, 0.29) is 16.5 Å². The maximum Gasteiger partial charge on any atom is 0.263 e. The van der Waals surface area contributed by atoms with Gasteiger partial charge >= 0.3 is 0 Å². The Labute approximate surface area is 166 Å². The van der Waals surface area contributed by atoms with Crippen LogP contribution in [0.5, 0.6) is 5.88 Å². The highest BCUT2D eigenvalue weighted by atomic mass is 32.2. The van der Waals surface area contributed by atoms with Gasteiger partial charge in [-0.2, -0.15) is 5.10 Å². The van der Waals surface area contributed by atoms with E-state index in [0.29, 0.717) is 22.6 Å². The minimum Gasteiger partial charge on any atom is -0.480 e. The first-order chi connectivity index (χ1) is 14.0. The van der Waals surface area contributed by atoms with Gasteiger partial charge in [0.2, 0.25) is 5.88 Å². The van der Waals surface area contributed by atoms with Crippen LogP contribution in [0.3, 0.4) is 0 Å². The third-order valence-corrected chi connectivity index (χ3v) is 5.39. The van der Waals surface area contributed by atoms with Crippen LogP contribution in [-0.2, 0) is 10.0 Å². The maximum atomic E-state index is 12.7. The Morgan fingerprint density at radius 1 is 1.17 bits per heavy atom. The molecule has 0 unspecified atom stereocenters. The Balaban J connectivity index is 1.77. The maximum absolute atomic E-state index is 12.7. The molecule has 4 heterocycles. The third-order valence-electron chi connectivity index (χ3n) is 4.04. The van der Waals surface area contributed by atoms with Crippen LogP contribution in [0.4, 0.5) is 5.69 Å².